The second kappa shape index (κ2) is 7.33. The molecular weight excluding hydrogens is 256 g/mol. The summed E-state index contributed by atoms with van der Waals surface area (Å²) in [6.07, 6.45) is 1.80. The number of nitrogens with one attached hydrogen (secondary N) is 1. The zero-order valence-corrected chi connectivity index (χ0v) is 12.3. The van der Waals surface area contributed by atoms with Crippen molar-refractivity contribution >= 4 is 11.3 Å². The maximum absolute atomic E-state index is 4.60. The van der Waals surface area contributed by atoms with Gasteiger partial charge in [0.1, 0.15) is 5.01 Å². The van der Waals surface area contributed by atoms with E-state index in [0.29, 0.717) is 0 Å². The lowest BCUT2D eigenvalue weighted by Crippen LogP contribution is -2.28. The molecule has 2 aromatic heterocycles. The zero-order chi connectivity index (χ0) is 13.5. The molecule has 0 bridgehead atoms. The number of rotatable bonds is 7. The fourth-order valence-corrected chi connectivity index (χ4v) is 2.43. The van der Waals surface area contributed by atoms with Crippen LogP contribution in [0.15, 0.2) is 29.8 Å². The molecule has 0 aliphatic carbocycles. The monoisotopic (exact) mass is 276 g/mol. The predicted molar refractivity (Wildman–Crippen MR) is 80.2 cm³/mol. The van der Waals surface area contributed by atoms with Crippen LogP contribution in [0.25, 0.3) is 10.7 Å². The second-order valence-electron chi connectivity index (χ2n) is 4.43. The van der Waals surface area contributed by atoms with Gasteiger partial charge in [0.05, 0.1) is 11.4 Å². The van der Waals surface area contributed by atoms with E-state index in [1.807, 2.05) is 18.2 Å². The van der Waals surface area contributed by atoms with Crippen molar-refractivity contribution in [2.75, 3.05) is 26.7 Å². The fraction of sp³-hybridized carbons (Fsp3) is 0.429. The Bertz CT molecular complexity index is 483. The van der Waals surface area contributed by atoms with Crippen molar-refractivity contribution in [1.82, 2.24) is 20.2 Å². The average Bonchev–Trinajstić information content (AvgIpc) is 2.93. The molecule has 0 unspecified atom stereocenters. The number of hydrogen-bond donors (Lipinski definition) is 1. The Labute approximate surface area is 118 Å². The van der Waals surface area contributed by atoms with Crippen LogP contribution in [0.4, 0.5) is 0 Å². The minimum atomic E-state index is 0.820. The van der Waals surface area contributed by atoms with Crippen LogP contribution >= 0.6 is 11.3 Å². The Morgan fingerprint density at radius 1 is 1.37 bits per heavy atom. The number of nitrogens with zero attached hydrogens (tertiary/aromatic N) is 3. The molecule has 0 radical (unpaired) electrons. The second-order valence-corrected chi connectivity index (χ2v) is 5.29. The number of thiazole rings is 1. The van der Waals surface area contributed by atoms with E-state index in [9.17, 15) is 0 Å². The van der Waals surface area contributed by atoms with E-state index in [0.717, 1.165) is 42.6 Å². The minimum absolute atomic E-state index is 0.820. The lowest BCUT2D eigenvalue weighted by atomic mass is 10.3. The van der Waals surface area contributed by atoms with Crippen molar-refractivity contribution in [3.63, 3.8) is 0 Å². The van der Waals surface area contributed by atoms with Gasteiger partial charge in [0, 0.05) is 31.2 Å². The third kappa shape index (κ3) is 4.38. The lowest BCUT2D eigenvalue weighted by molar-refractivity contribution is 0.348. The Kier molecular flexibility index (Phi) is 5.44. The molecule has 1 N–H and O–H groups in total. The lowest BCUT2D eigenvalue weighted by Gasteiger charge is -2.13. The summed E-state index contributed by atoms with van der Waals surface area (Å²) in [7, 11) is 2.13. The van der Waals surface area contributed by atoms with Crippen molar-refractivity contribution in [3.8, 4) is 10.7 Å². The third-order valence-electron chi connectivity index (χ3n) is 2.95. The highest BCUT2D eigenvalue weighted by molar-refractivity contribution is 7.13. The molecule has 0 amide bonds. The quantitative estimate of drug-likeness (QED) is 0.788. The van der Waals surface area contributed by atoms with Gasteiger partial charge >= 0.3 is 0 Å². The molecule has 0 aliphatic heterocycles. The molecule has 0 saturated heterocycles. The first kappa shape index (κ1) is 14.1. The Balaban J connectivity index is 1.82. The van der Waals surface area contributed by atoms with E-state index in [1.54, 1.807) is 17.5 Å². The van der Waals surface area contributed by atoms with Gasteiger partial charge in [0.25, 0.3) is 0 Å². The summed E-state index contributed by atoms with van der Waals surface area (Å²) in [6, 6.07) is 5.90. The van der Waals surface area contributed by atoms with Gasteiger partial charge in [0.2, 0.25) is 0 Å². The SMILES string of the molecule is CCN(C)CCNCc1csc(-c2ccccn2)n1. The van der Waals surface area contributed by atoms with Crippen molar-refractivity contribution in [2.24, 2.45) is 0 Å². The highest BCUT2D eigenvalue weighted by Crippen LogP contribution is 2.20. The molecule has 4 nitrogen and oxygen atoms in total. The molecule has 19 heavy (non-hydrogen) atoms. The molecule has 0 aliphatic rings. The molecule has 0 spiro atoms. The molecule has 2 aromatic rings. The van der Waals surface area contributed by atoms with E-state index in [-0.39, 0.29) is 0 Å². The van der Waals surface area contributed by atoms with Crippen LogP contribution in [-0.2, 0) is 6.54 Å². The van der Waals surface area contributed by atoms with Gasteiger partial charge < -0.3 is 10.2 Å². The molecule has 0 saturated carbocycles. The van der Waals surface area contributed by atoms with E-state index < -0.39 is 0 Å². The van der Waals surface area contributed by atoms with Crippen molar-refractivity contribution in [1.29, 1.82) is 0 Å². The topological polar surface area (TPSA) is 41.0 Å². The number of hydrogen-bond acceptors (Lipinski definition) is 5. The van der Waals surface area contributed by atoms with Gasteiger partial charge in [-0.2, -0.15) is 0 Å². The molecule has 0 atom stereocenters. The molecule has 2 rings (SSSR count). The molecular formula is C14H20N4S. The minimum Gasteiger partial charge on any atom is -0.310 e. The molecule has 0 fully saturated rings. The summed E-state index contributed by atoms with van der Waals surface area (Å²) in [5.41, 5.74) is 2.04. The predicted octanol–water partition coefficient (Wildman–Crippen LogP) is 2.25. The van der Waals surface area contributed by atoms with Crippen LogP contribution in [0, 0.1) is 0 Å². The first-order valence-corrected chi connectivity index (χ1v) is 7.42. The van der Waals surface area contributed by atoms with Gasteiger partial charge in [-0.3, -0.25) is 4.98 Å². The van der Waals surface area contributed by atoms with Gasteiger partial charge in [-0.05, 0) is 25.7 Å². The number of likely N-dealkylation sites (N-methyl/N-ethyl adjacent to an activating group) is 1. The fourth-order valence-electron chi connectivity index (χ4n) is 1.64. The normalized spacial score (nSPS) is 11.1. The summed E-state index contributed by atoms with van der Waals surface area (Å²) in [5.74, 6) is 0. The van der Waals surface area contributed by atoms with Crippen molar-refractivity contribution in [3.05, 3.63) is 35.5 Å². The van der Waals surface area contributed by atoms with Crippen LogP contribution in [0.1, 0.15) is 12.6 Å². The van der Waals surface area contributed by atoms with Crippen molar-refractivity contribution in [2.45, 2.75) is 13.5 Å². The molecule has 0 aromatic carbocycles. The summed E-state index contributed by atoms with van der Waals surface area (Å²) in [4.78, 5) is 11.2. The highest BCUT2D eigenvalue weighted by Gasteiger charge is 2.05. The molecule has 2 heterocycles. The van der Waals surface area contributed by atoms with Crippen molar-refractivity contribution < 1.29 is 0 Å². The van der Waals surface area contributed by atoms with Crippen LogP contribution in [0.2, 0.25) is 0 Å². The molecule has 5 heteroatoms. The maximum atomic E-state index is 4.60. The van der Waals surface area contributed by atoms with Gasteiger partial charge in [-0.25, -0.2) is 4.98 Å². The van der Waals surface area contributed by atoms with Gasteiger partial charge in [0.15, 0.2) is 0 Å². The number of pyridine rings is 1. The van der Waals surface area contributed by atoms with E-state index >= 15 is 0 Å². The van der Waals surface area contributed by atoms with Gasteiger partial charge in [-0.15, -0.1) is 11.3 Å². The summed E-state index contributed by atoms with van der Waals surface area (Å²) in [6.45, 7) is 6.12. The first-order chi connectivity index (χ1) is 9.29. The van der Waals surface area contributed by atoms with Crippen LogP contribution in [-0.4, -0.2) is 41.5 Å². The van der Waals surface area contributed by atoms with E-state index in [2.05, 4.69) is 39.5 Å². The summed E-state index contributed by atoms with van der Waals surface area (Å²) < 4.78 is 0. The Morgan fingerprint density at radius 2 is 2.26 bits per heavy atom. The smallest absolute Gasteiger partial charge is 0.142 e. The largest absolute Gasteiger partial charge is 0.310 e. The summed E-state index contributed by atoms with van der Waals surface area (Å²) >= 11 is 1.65. The van der Waals surface area contributed by atoms with Crippen LogP contribution in [0.3, 0.4) is 0 Å². The van der Waals surface area contributed by atoms with Gasteiger partial charge in [-0.1, -0.05) is 13.0 Å². The number of aromatic nitrogens is 2. The maximum Gasteiger partial charge on any atom is 0.142 e. The molecule has 102 valence electrons. The summed E-state index contributed by atoms with van der Waals surface area (Å²) in [5, 5.41) is 6.50. The van der Waals surface area contributed by atoms with Crippen LogP contribution in [0.5, 0.6) is 0 Å². The average molecular weight is 276 g/mol. The van der Waals surface area contributed by atoms with Crippen LogP contribution < -0.4 is 5.32 Å². The van der Waals surface area contributed by atoms with E-state index in [4.69, 9.17) is 0 Å². The Morgan fingerprint density at radius 3 is 3.00 bits per heavy atom. The first-order valence-electron chi connectivity index (χ1n) is 6.54. The van der Waals surface area contributed by atoms with E-state index in [1.165, 1.54) is 0 Å². The standard InChI is InChI=1S/C14H20N4S/c1-3-18(2)9-8-15-10-12-11-19-14(17-12)13-6-4-5-7-16-13/h4-7,11,15H,3,8-10H2,1-2H3. The third-order valence-corrected chi connectivity index (χ3v) is 3.87. The highest BCUT2D eigenvalue weighted by atomic mass is 32.1. The zero-order valence-electron chi connectivity index (χ0n) is 11.5. The Hall–Kier alpha value is -1.30.